The van der Waals surface area contributed by atoms with Crippen molar-refractivity contribution in [2.75, 3.05) is 7.05 Å². The normalized spacial score (nSPS) is 15.2. The molecule has 6 nitrogen and oxygen atoms in total. The van der Waals surface area contributed by atoms with Gasteiger partial charge in [-0.1, -0.05) is 30.7 Å². The van der Waals surface area contributed by atoms with E-state index in [0.29, 0.717) is 10.4 Å². The van der Waals surface area contributed by atoms with Crippen LogP contribution in [0.25, 0.3) is 10.2 Å². The van der Waals surface area contributed by atoms with E-state index in [1.54, 1.807) is 7.05 Å². The van der Waals surface area contributed by atoms with Crippen LogP contribution in [0.3, 0.4) is 0 Å². The van der Waals surface area contributed by atoms with Gasteiger partial charge in [-0.3, -0.25) is 4.79 Å². The van der Waals surface area contributed by atoms with Gasteiger partial charge in [0, 0.05) is 25.7 Å². The molecule has 0 atom stereocenters. The Morgan fingerprint density at radius 3 is 2.55 bits per heavy atom. The van der Waals surface area contributed by atoms with Crippen LogP contribution < -0.4 is 4.80 Å². The number of sulfonamides is 1. The Kier molecular flexibility index (Phi) is 6.14. The number of aromatic nitrogens is 1. The predicted octanol–water partition coefficient (Wildman–Crippen LogP) is 4.11. The average molecular weight is 458 g/mol. The van der Waals surface area contributed by atoms with Gasteiger partial charge < -0.3 is 4.57 Å². The molecule has 8 heteroatoms. The Morgan fingerprint density at radius 1 is 1.19 bits per heavy atom. The van der Waals surface area contributed by atoms with E-state index in [1.807, 2.05) is 11.6 Å². The van der Waals surface area contributed by atoms with Gasteiger partial charge in [-0.15, -0.1) is 0 Å². The van der Waals surface area contributed by atoms with Crippen LogP contribution in [0.4, 0.5) is 0 Å². The zero-order chi connectivity index (χ0) is 22.2. The van der Waals surface area contributed by atoms with Crippen molar-refractivity contribution in [2.24, 2.45) is 12.0 Å². The number of carbonyl (C=O) groups excluding carboxylic acids is 1. The van der Waals surface area contributed by atoms with Crippen LogP contribution in [0.2, 0.25) is 0 Å². The Hall–Kier alpha value is -2.29. The highest BCUT2D eigenvalue weighted by Crippen LogP contribution is 2.30. The van der Waals surface area contributed by atoms with Crippen molar-refractivity contribution in [3.63, 3.8) is 0 Å². The van der Waals surface area contributed by atoms with Gasteiger partial charge >= 0.3 is 0 Å². The third-order valence-electron chi connectivity index (χ3n) is 5.73. The van der Waals surface area contributed by atoms with E-state index in [4.69, 9.17) is 0 Å². The molecule has 1 aliphatic carbocycles. The maximum atomic E-state index is 12.7. The fourth-order valence-corrected chi connectivity index (χ4v) is 6.04. The lowest BCUT2D eigenvalue weighted by Gasteiger charge is -2.16. The molecule has 0 unspecified atom stereocenters. The van der Waals surface area contributed by atoms with E-state index >= 15 is 0 Å². The summed E-state index contributed by atoms with van der Waals surface area (Å²) in [5.41, 5.74) is 2.71. The zero-order valence-corrected chi connectivity index (χ0v) is 19.7. The molecule has 0 radical (unpaired) electrons. The summed E-state index contributed by atoms with van der Waals surface area (Å²) in [4.78, 5) is 17.9. The van der Waals surface area contributed by atoms with E-state index < -0.39 is 10.0 Å². The Bertz CT molecular complexity index is 1280. The van der Waals surface area contributed by atoms with Crippen molar-refractivity contribution in [3.05, 3.63) is 58.4 Å². The summed E-state index contributed by atoms with van der Waals surface area (Å²) in [6.07, 6.45) is 5.16. The number of rotatable bonds is 7. The summed E-state index contributed by atoms with van der Waals surface area (Å²) in [5.74, 6) is -0.382. The second-order valence-corrected chi connectivity index (χ2v) is 11.0. The molecule has 1 fully saturated rings. The third kappa shape index (κ3) is 4.51. The molecule has 4 rings (SSSR count). The first kappa shape index (κ1) is 21.9. The monoisotopic (exact) mass is 457 g/mol. The molecule has 0 N–H and O–H groups in total. The number of amides is 1. The molecule has 1 saturated carbocycles. The van der Waals surface area contributed by atoms with Gasteiger partial charge in [-0.05, 0) is 67.6 Å². The number of carbonyl (C=O) groups is 1. The van der Waals surface area contributed by atoms with Crippen molar-refractivity contribution in [3.8, 4) is 0 Å². The van der Waals surface area contributed by atoms with E-state index in [1.165, 1.54) is 45.5 Å². The SMILES string of the molecule is CCCCc1ccc2c(c1)sc(=NC(=O)c1ccc(S(=O)(=O)N(C)C3CC3)cc1)n2C. The first-order chi connectivity index (χ1) is 14.8. The van der Waals surface area contributed by atoms with Crippen LogP contribution in [-0.2, 0) is 23.5 Å². The molecule has 1 aliphatic rings. The van der Waals surface area contributed by atoms with Crippen LogP contribution in [0.5, 0.6) is 0 Å². The van der Waals surface area contributed by atoms with Crippen LogP contribution in [-0.4, -0.2) is 36.3 Å². The van der Waals surface area contributed by atoms with E-state index in [9.17, 15) is 13.2 Å². The Balaban J connectivity index is 1.59. The van der Waals surface area contributed by atoms with Crippen LogP contribution in [0, 0.1) is 0 Å². The molecule has 3 aromatic rings. The smallest absolute Gasteiger partial charge is 0.279 e. The van der Waals surface area contributed by atoms with Crippen molar-refractivity contribution in [1.82, 2.24) is 8.87 Å². The minimum atomic E-state index is -3.52. The van der Waals surface area contributed by atoms with Crippen molar-refractivity contribution in [2.45, 2.75) is 50.0 Å². The molecule has 2 aromatic carbocycles. The lowest BCUT2D eigenvalue weighted by molar-refractivity contribution is 0.0998. The quantitative estimate of drug-likeness (QED) is 0.536. The maximum absolute atomic E-state index is 12.7. The summed E-state index contributed by atoms with van der Waals surface area (Å²) in [6.45, 7) is 2.18. The molecular weight excluding hydrogens is 430 g/mol. The molecule has 1 aromatic heterocycles. The van der Waals surface area contributed by atoms with Gasteiger partial charge in [0.05, 0.1) is 15.1 Å². The minimum absolute atomic E-state index is 0.0942. The number of thiazole rings is 1. The van der Waals surface area contributed by atoms with E-state index in [0.717, 1.165) is 42.3 Å². The standard InChI is InChI=1S/C23H27N3O3S2/c1-4-5-6-16-7-14-20-21(15-16)30-23(25(20)2)24-22(27)17-8-12-19(13-9-17)31(28,29)26(3)18-10-11-18/h7-9,12-15,18H,4-6,10-11H2,1-3H3. The van der Waals surface area contributed by atoms with Gasteiger partial charge in [-0.25, -0.2) is 8.42 Å². The highest BCUT2D eigenvalue weighted by molar-refractivity contribution is 7.89. The highest BCUT2D eigenvalue weighted by atomic mass is 32.2. The fourth-order valence-electron chi connectivity index (χ4n) is 3.54. The second kappa shape index (κ2) is 8.68. The van der Waals surface area contributed by atoms with E-state index in [2.05, 4.69) is 30.1 Å². The second-order valence-electron chi connectivity index (χ2n) is 8.04. The first-order valence-corrected chi connectivity index (χ1v) is 12.8. The first-order valence-electron chi connectivity index (χ1n) is 10.6. The molecule has 0 aliphatic heterocycles. The van der Waals surface area contributed by atoms with Crippen molar-refractivity contribution in [1.29, 1.82) is 0 Å². The van der Waals surface area contributed by atoms with Gasteiger partial charge in [-0.2, -0.15) is 9.30 Å². The molecule has 1 heterocycles. The van der Waals surface area contributed by atoms with Crippen LogP contribution >= 0.6 is 11.3 Å². The average Bonchev–Trinajstić information content (AvgIpc) is 3.57. The van der Waals surface area contributed by atoms with Gasteiger partial charge in [0.1, 0.15) is 0 Å². The highest BCUT2D eigenvalue weighted by Gasteiger charge is 2.35. The zero-order valence-electron chi connectivity index (χ0n) is 18.0. The molecule has 0 spiro atoms. The predicted molar refractivity (Wildman–Crippen MR) is 124 cm³/mol. The van der Waals surface area contributed by atoms with Crippen LogP contribution in [0.1, 0.15) is 48.5 Å². The molecule has 0 bridgehead atoms. The molecule has 1 amide bonds. The number of nitrogens with zero attached hydrogens (tertiary/aromatic N) is 3. The molecular formula is C23H27N3O3S2. The number of fused-ring (bicyclic) bond motifs is 1. The number of unbranched alkanes of at least 4 members (excludes halogenated alkanes) is 1. The number of hydrogen-bond acceptors (Lipinski definition) is 4. The lowest BCUT2D eigenvalue weighted by Crippen LogP contribution is -2.28. The number of benzene rings is 2. The summed E-state index contributed by atoms with van der Waals surface area (Å²) in [5, 5.41) is 0. The number of hydrogen-bond donors (Lipinski definition) is 0. The molecule has 164 valence electrons. The minimum Gasteiger partial charge on any atom is -0.319 e. The summed E-state index contributed by atoms with van der Waals surface area (Å²) < 4.78 is 29.7. The fraction of sp³-hybridized carbons (Fsp3) is 0.391. The maximum Gasteiger partial charge on any atom is 0.279 e. The molecule has 31 heavy (non-hydrogen) atoms. The van der Waals surface area contributed by atoms with Crippen molar-refractivity contribution < 1.29 is 13.2 Å². The summed E-state index contributed by atoms with van der Waals surface area (Å²) in [7, 11) is -0.0122. The Labute approximate surface area is 186 Å². The lowest BCUT2D eigenvalue weighted by atomic mass is 10.1. The van der Waals surface area contributed by atoms with Gasteiger partial charge in [0.25, 0.3) is 5.91 Å². The number of aryl methyl sites for hydroxylation is 2. The van der Waals surface area contributed by atoms with Crippen LogP contribution in [0.15, 0.2) is 52.4 Å². The Morgan fingerprint density at radius 2 is 1.90 bits per heavy atom. The summed E-state index contributed by atoms with van der Waals surface area (Å²) in [6, 6.07) is 12.5. The third-order valence-corrected chi connectivity index (χ3v) is 8.75. The van der Waals surface area contributed by atoms with E-state index in [-0.39, 0.29) is 16.8 Å². The summed E-state index contributed by atoms with van der Waals surface area (Å²) >= 11 is 1.49. The molecule has 0 saturated heterocycles. The van der Waals surface area contributed by atoms with Crippen molar-refractivity contribution >= 4 is 37.5 Å². The van der Waals surface area contributed by atoms with Gasteiger partial charge in [0.15, 0.2) is 4.80 Å². The van der Waals surface area contributed by atoms with Gasteiger partial charge in [0.2, 0.25) is 10.0 Å². The topological polar surface area (TPSA) is 71.7 Å². The largest absolute Gasteiger partial charge is 0.319 e.